The van der Waals surface area contributed by atoms with Gasteiger partial charge in [0, 0.05) is 44.5 Å². The smallest absolute Gasteiger partial charge is 0.152 e. The second kappa shape index (κ2) is 40.8. The van der Waals surface area contributed by atoms with Gasteiger partial charge in [0.25, 0.3) is 0 Å². The molecule has 0 bridgehead atoms. The van der Waals surface area contributed by atoms with Crippen molar-refractivity contribution < 1.29 is 89.3 Å². The van der Waals surface area contributed by atoms with E-state index in [1.807, 2.05) is 37.3 Å². The van der Waals surface area contributed by atoms with Gasteiger partial charge in [-0.3, -0.25) is 0 Å². The summed E-state index contributed by atoms with van der Waals surface area (Å²) in [6.07, 6.45) is 0. The average molecular weight is 1070 g/mol. The number of benzene rings is 5. The van der Waals surface area contributed by atoms with Gasteiger partial charge in [-0.05, 0) is 69.4 Å². The fourth-order valence-electron chi connectivity index (χ4n) is 3.57. The number of hydrogen-bond acceptors (Lipinski definition) is 0. The molecule has 5 aromatic carbocycles. The van der Waals surface area contributed by atoms with Crippen molar-refractivity contribution in [2.24, 2.45) is 0 Å². The molecular formula is C35H34F12P6Rh2. The zero-order valence-electron chi connectivity index (χ0n) is 28.8. The summed E-state index contributed by atoms with van der Waals surface area (Å²) in [5.41, 5.74) is 1.08. The Kier molecular flexibility index (Phi) is 44.8. The third-order valence-corrected chi connectivity index (χ3v) is 9.91. The molecule has 2 radical (unpaired) electrons. The maximum Gasteiger partial charge on any atom is 0.456 e. The molecule has 0 heterocycles. The summed E-state index contributed by atoms with van der Waals surface area (Å²) < 4.78 is 117. The molecule has 0 aliphatic carbocycles. The van der Waals surface area contributed by atoms with Crippen molar-refractivity contribution in [3.05, 3.63) is 157 Å². The zero-order chi connectivity index (χ0) is 40.4. The Balaban J connectivity index is -0.000000296. The molecule has 306 valence electrons. The first-order valence-corrected chi connectivity index (χ1v) is 22.0. The Morgan fingerprint density at radius 3 is 0.655 bits per heavy atom. The largest absolute Gasteiger partial charge is 0.456 e. The Bertz CT molecular complexity index is 1390. The molecule has 55 heavy (non-hydrogen) atoms. The molecule has 0 unspecified atom stereocenters. The molecule has 0 aromatic heterocycles. The van der Waals surface area contributed by atoms with Crippen LogP contribution >= 0.6 is 51.3 Å². The molecular weight excluding hydrogens is 1040 g/mol. The first kappa shape index (κ1) is 60.3. The number of rotatable bonds is 4. The Morgan fingerprint density at radius 1 is 0.327 bits per heavy atom. The third kappa shape index (κ3) is 40.6. The first-order valence-electron chi connectivity index (χ1n) is 14.4. The van der Waals surface area contributed by atoms with Gasteiger partial charge in [0.2, 0.25) is 0 Å². The maximum absolute atomic E-state index is 9.73. The molecule has 0 N–H and O–H groups in total. The van der Waals surface area contributed by atoms with Crippen LogP contribution in [0.1, 0.15) is 12.5 Å². The van der Waals surface area contributed by atoms with E-state index in [1.165, 1.54) is 21.2 Å². The van der Waals surface area contributed by atoms with Crippen LogP contribution < -0.4 is 21.2 Å². The van der Waals surface area contributed by atoms with Crippen LogP contribution in [0.4, 0.5) is 50.4 Å². The van der Waals surface area contributed by atoms with Crippen molar-refractivity contribution in [1.29, 1.82) is 0 Å². The van der Waals surface area contributed by atoms with Crippen molar-refractivity contribution in [3.8, 4) is 11.8 Å². The molecule has 0 atom stereocenters. The first-order chi connectivity index (χ1) is 25.1. The summed E-state index contributed by atoms with van der Waals surface area (Å²) >= 11 is 0. The van der Waals surface area contributed by atoms with Crippen LogP contribution in [0.25, 0.3) is 0 Å². The fraction of sp³-hybridized carbons (Fsp3) is 0.0857. The van der Waals surface area contributed by atoms with Gasteiger partial charge in [0.1, 0.15) is 0 Å². The predicted octanol–water partition coefficient (Wildman–Crippen LogP) is 16.0. The van der Waals surface area contributed by atoms with Gasteiger partial charge in [-0.1, -0.05) is 145 Å². The summed E-state index contributed by atoms with van der Waals surface area (Å²) in [5.74, 6) is 5.79. The third-order valence-electron chi connectivity index (χ3n) is 5.62. The van der Waals surface area contributed by atoms with Crippen molar-refractivity contribution in [2.45, 2.75) is 6.92 Å². The van der Waals surface area contributed by atoms with Gasteiger partial charge >= 0.3 is 35.4 Å². The van der Waals surface area contributed by atoms with Gasteiger partial charge in [-0.2, -0.15) is 50.4 Å². The van der Waals surface area contributed by atoms with E-state index < -0.39 is 35.4 Å². The van der Waals surface area contributed by atoms with Crippen LogP contribution in [0.5, 0.6) is 0 Å². The molecule has 0 saturated carbocycles. The molecule has 0 nitrogen and oxygen atoms in total. The number of hydrogen-bond donors (Lipinski definition) is 0. The van der Waals surface area contributed by atoms with E-state index in [2.05, 4.69) is 146 Å². The minimum Gasteiger partial charge on any atom is -0.152 e. The van der Waals surface area contributed by atoms with Crippen LogP contribution in [0.15, 0.2) is 152 Å². The van der Waals surface area contributed by atoms with Crippen molar-refractivity contribution in [1.82, 2.24) is 0 Å². The van der Waals surface area contributed by atoms with E-state index in [4.69, 9.17) is 0 Å². The van der Waals surface area contributed by atoms with Gasteiger partial charge in [-0.25, -0.2) is 0 Å². The Labute approximate surface area is 349 Å². The average Bonchev–Trinajstić information content (AvgIpc) is 3.13. The normalized spacial score (nSPS) is 9.18. The van der Waals surface area contributed by atoms with Gasteiger partial charge in [-0.15, -0.1) is 5.92 Å². The molecule has 0 amide bonds. The summed E-state index contributed by atoms with van der Waals surface area (Å²) in [6, 6.07) is 52.7. The second-order valence-electron chi connectivity index (χ2n) is 8.97. The standard InChI is InChI=1S/2C13H13P.C9H8.4F3P.2Rh/c2*1-14(12-8-4-2-5-9-12)13-10-6-3-7-11-13;1-2-6-9-7-4-3-5-8-9;4*1-4(2)3;;/h2*2-11H,1H3;3-5,7-8H,1H3;;;;;;. The zero-order valence-corrected chi connectivity index (χ0v) is 37.5. The molecule has 0 saturated heterocycles. The summed E-state index contributed by atoms with van der Waals surface area (Å²) in [5, 5.41) is 5.75. The minimum atomic E-state index is -4.12. The molecule has 0 aliphatic heterocycles. The monoisotopic (exact) mass is 1070 g/mol. The second-order valence-corrected chi connectivity index (χ2v) is 14.8. The molecule has 20 heteroatoms. The van der Waals surface area contributed by atoms with Crippen LogP contribution in [-0.4, -0.2) is 13.3 Å². The maximum atomic E-state index is 9.73. The van der Waals surface area contributed by atoms with Crippen LogP contribution in [0.3, 0.4) is 0 Å². The minimum absolute atomic E-state index is 0. The van der Waals surface area contributed by atoms with Crippen LogP contribution in [-0.2, 0) is 39.0 Å². The van der Waals surface area contributed by atoms with Crippen molar-refractivity contribution in [3.63, 3.8) is 0 Å². The van der Waals surface area contributed by atoms with E-state index in [1.54, 1.807) is 0 Å². The summed E-state index contributed by atoms with van der Waals surface area (Å²) in [7, 11) is -16.8. The van der Waals surface area contributed by atoms with Crippen LogP contribution in [0.2, 0.25) is 0 Å². The molecule has 0 spiro atoms. The van der Waals surface area contributed by atoms with E-state index in [-0.39, 0.29) is 54.8 Å². The Hall–Kier alpha value is -1.35. The van der Waals surface area contributed by atoms with Gasteiger partial charge < -0.3 is 0 Å². The summed E-state index contributed by atoms with van der Waals surface area (Å²) in [4.78, 5) is 0. The Morgan fingerprint density at radius 2 is 0.491 bits per heavy atom. The van der Waals surface area contributed by atoms with Crippen LogP contribution in [0, 0.1) is 11.8 Å². The van der Waals surface area contributed by atoms with Crippen molar-refractivity contribution in [2.75, 3.05) is 13.3 Å². The number of halogens is 12. The predicted molar refractivity (Wildman–Crippen MR) is 210 cm³/mol. The fourth-order valence-corrected chi connectivity index (χ4v) is 6.64. The van der Waals surface area contributed by atoms with E-state index >= 15 is 0 Å². The van der Waals surface area contributed by atoms with E-state index in [0.29, 0.717) is 0 Å². The van der Waals surface area contributed by atoms with E-state index in [9.17, 15) is 50.4 Å². The van der Waals surface area contributed by atoms with E-state index in [0.717, 1.165) is 5.56 Å². The van der Waals surface area contributed by atoms with Gasteiger partial charge in [0.05, 0.1) is 0 Å². The molecule has 0 fully saturated rings. The SMILES string of the molecule is CC#Cc1ccccc1.CP(c1ccccc1)c1ccccc1.CP(c1ccccc1)c1ccccc1.FP(F)F.FP(F)F.FP(F)F.FP(F)F.[Rh].[Rh]. The molecule has 5 aromatic rings. The summed E-state index contributed by atoms with van der Waals surface area (Å²) in [6.45, 7) is 6.45. The van der Waals surface area contributed by atoms with Crippen molar-refractivity contribution >= 4 is 72.5 Å². The molecule has 0 aliphatic rings. The quantitative estimate of drug-likeness (QED) is 0.0728. The topological polar surface area (TPSA) is 0 Å². The molecule has 5 rings (SSSR count). The van der Waals surface area contributed by atoms with Gasteiger partial charge in [0.15, 0.2) is 0 Å².